The maximum Gasteiger partial charge on any atom is 0.238 e. The van der Waals surface area contributed by atoms with Gasteiger partial charge < -0.3 is 5.32 Å². The molecule has 0 aliphatic rings. The Labute approximate surface area is 93.2 Å². The van der Waals surface area contributed by atoms with Crippen LogP contribution in [-0.2, 0) is 21.2 Å². The SMILES string of the molecule is C[C@H](C(=O)NCc1cccs1)S(C)(=O)=O. The molecule has 84 valence electrons. The van der Waals surface area contributed by atoms with E-state index >= 15 is 0 Å². The number of rotatable bonds is 4. The number of carbonyl (C=O) groups excluding carboxylic acids is 1. The van der Waals surface area contributed by atoms with Crippen LogP contribution in [0.3, 0.4) is 0 Å². The Balaban J connectivity index is 2.50. The molecule has 1 N–H and O–H groups in total. The lowest BCUT2D eigenvalue weighted by Crippen LogP contribution is -2.36. The molecule has 0 radical (unpaired) electrons. The molecule has 1 atom stereocenters. The Hall–Kier alpha value is -0.880. The molecule has 1 amide bonds. The fourth-order valence-corrected chi connectivity index (χ4v) is 2.04. The lowest BCUT2D eigenvalue weighted by Gasteiger charge is -2.09. The number of hydrogen-bond donors (Lipinski definition) is 1. The molecule has 15 heavy (non-hydrogen) atoms. The van der Waals surface area contributed by atoms with Crippen LogP contribution in [0.15, 0.2) is 17.5 Å². The molecule has 0 saturated heterocycles. The Morgan fingerprint density at radius 1 is 1.60 bits per heavy atom. The highest BCUT2D eigenvalue weighted by atomic mass is 32.2. The summed E-state index contributed by atoms with van der Waals surface area (Å²) in [6.45, 7) is 1.77. The highest BCUT2D eigenvalue weighted by molar-refractivity contribution is 7.92. The van der Waals surface area contributed by atoms with Gasteiger partial charge in [0.2, 0.25) is 5.91 Å². The van der Waals surface area contributed by atoms with Crippen molar-refractivity contribution in [1.82, 2.24) is 5.32 Å². The first-order valence-corrected chi connectivity index (χ1v) is 7.23. The highest BCUT2D eigenvalue weighted by Gasteiger charge is 2.22. The zero-order valence-corrected chi connectivity index (χ0v) is 10.2. The fraction of sp³-hybridized carbons (Fsp3) is 0.444. The average molecular weight is 247 g/mol. The van der Waals surface area contributed by atoms with Gasteiger partial charge >= 0.3 is 0 Å². The summed E-state index contributed by atoms with van der Waals surface area (Å²) in [7, 11) is -3.30. The van der Waals surface area contributed by atoms with Gasteiger partial charge in [-0.2, -0.15) is 0 Å². The van der Waals surface area contributed by atoms with E-state index in [4.69, 9.17) is 0 Å². The number of amides is 1. The summed E-state index contributed by atoms with van der Waals surface area (Å²) in [6.07, 6.45) is 1.06. The third kappa shape index (κ3) is 3.64. The molecule has 0 aliphatic carbocycles. The summed E-state index contributed by atoms with van der Waals surface area (Å²) < 4.78 is 22.2. The van der Waals surface area contributed by atoms with Crippen LogP contribution >= 0.6 is 11.3 Å². The van der Waals surface area contributed by atoms with Gasteiger partial charge in [0, 0.05) is 11.1 Å². The summed E-state index contributed by atoms with van der Waals surface area (Å²) in [5.41, 5.74) is 0. The van der Waals surface area contributed by atoms with Crippen molar-refractivity contribution in [3.63, 3.8) is 0 Å². The zero-order chi connectivity index (χ0) is 11.5. The van der Waals surface area contributed by atoms with E-state index < -0.39 is 21.0 Å². The van der Waals surface area contributed by atoms with Gasteiger partial charge in [0.15, 0.2) is 9.84 Å². The second kappa shape index (κ2) is 4.76. The molecule has 0 unspecified atom stereocenters. The highest BCUT2D eigenvalue weighted by Crippen LogP contribution is 2.08. The third-order valence-electron chi connectivity index (χ3n) is 2.03. The van der Waals surface area contributed by atoms with E-state index in [-0.39, 0.29) is 0 Å². The molecule has 6 heteroatoms. The molecule has 4 nitrogen and oxygen atoms in total. The number of carbonyl (C=O) groups is 1. The molecule has 0 bridgehead atoms. The van der Waals surface area contributed by atoms with Gasteiger partial charge in [-0.05, 0) is 18.4 Å². The number of nitrogens with one attached hydrogen (secondary N) is 1. The minimum absolute atomic E-state index is 0.385. The normalized spacial score (nSPS) is 13.5. The van der Waals surface area contributed by atoms with Crippen LogP contribution in [0.4, 0.5) is 0 Å². The van der Waals surface area contributed by atoms with E-state index in [9.17, 15) is 13.2 Å². The number of sulfone groups is 1. The van der Waals surface area contributed by atoms with Gasteiger partial charge in [-0.1, -0.05) is 6.07 Å². The topological polar surface area (TPSA) is 63.2 Å². The van der Waals surface area contributed by atoms with Crippen LogP contribution in [0.1, 0.15) is 11.8 Å². The van der Waals surface area contributed by atoms with Gasteiger partial charge in [0.1, 0.15) is 5.25 Å². The maximum atomic E-state index is 11.4. The van der Waals surface area contributed by atoms with Crippen molar-refractivity contribution in [3.05, 3.63) is 22.4 Å². The summed E-state index contributed by atoms with van der Waals surface area (Å²) >= 11 is 1.52. The molecular formula is C9H13NO3S2. The summed E-state index contributed by atoms with van der Waals surface area (Å²) in [5, 5.41) is 3.50. The number of hydrogen-bond acceptors (Lipinski definition) is 4. The van der Waals surface area contributed by atoms with Crippen LogP contribution < -0.4 is 5.32 Å². The molecule has 1 aromatic rings. The van der Waals surface area contributed by atoms with Crippen LogP contribution in [-0.4, -0.2) is 25.8 Å². The van der Waals surface area contributed by atoms with Crippen LogP contribution in [0.5, 0.6) is 0 Å². The van der Waals surface area contributed by atoms with Crippen LogP contribution in [0.2, 0.25) is 0 Å². The van der Waals surface area contributed by atoms with Crippen LogP contribution in [0, 0.1) is 0 Å². The molecule has 0 aliphatic heterocycles. The monoisotopic (exact) mass is 247 g/mol. The smallest absolute Gasteiger partial charge is 0.238 e. The molecule has 0 saturated carbocycles. The molecule has 1 aromatic heterocycles. The van der Waals surface area contributed by atoms with E-state index in [2.05, 4.69) is 5.32 Å². The molecule has 1 heterocycles. The fourth-order valence-electron chi connectivity index (χ4n) is 0.926. The van der Waals surface area contributed by atoms with Gasteiger partial charge in [-0.25, -0.2) is 8.42 Å². The maximum absolute atomic E-state index is 11.4. The Bertz CT molecular complexity index is 422. The van der Waals surface area contributed by atoms with E-state index in [1.807, 2.05) is 17.5 Å². The summed E-state index contributed by atoms with van der Waals surface area (Å²) in [4.78, 5) is 12.4. The Kier molecular flexibility index (Phi) is 3.87. The summed E-state index contributed by atoms with van der Waals surface area (Å²) in [6, 6.07) is 3.77. The first-order chi connectivity index (χ1) is 6.91. The standard InChI is InChI=1S/C9H13NO3S2/c1-7(15(2,12)13)9(11)10-6-8-4-3-5-14-8/h3-5,7H,6H2,1-2H3,(H,10,11)/t7-/m1/s1. The van der Waals surface area contributed by atoms with Crippen LogP contribution in [0.25, 0.3) is 0 Å². The largest absolute Gasteiger partial charge is 0.350 e. The first kappa shape index (κ1) is 12.2. The zero-order valence-electron chi connectivity index (χ0n) is 8.56. The predicted molar refractivity (Wildman–Crippen MR) is 60.5 cm³/mol. The second-order valence-electron chi connectivity index (χ2n) is 3.27. The van der Waals surface area contributed by atoms with Crippen molar-refractivity contribution in [1.29, 1.82) is 0 Å². The van der Waals surface area contributed by atoms with E-state index in [1.165, 1.54) is 18.3 Å². The number of thiophene rings is 1. The summed E-state index contributed by atoms with van der Waals surface area (Å²) in [5.74, 6) is -0.453. The van der Waals surface area contributed by atoms with E-state index in [1.54, 1.807) is 0 Å². The average Bonchev–Trinajstić information content (AvgIpc) is 2.63. The minimum Gasteiger partial charge on any atom is -0.350 e. The predicted octanol–water partition coefficient (Wildman–Crippen LogP) is 0.797. The van der Waals surface area contributed by atoms with Gasteiger partial charge in [-0.15, -0.1) is 11.3 Å². The quantitative estimate of drug-likeness (QED) is 0.856. The van der Waals surface area contributed by atoms with Crippen molar-refractivity contribution < 1.29 is 13.2 Å². The van der Waals surface area contributed by atoms with Crippen molar-refractivity contribution in [2.75, 3.05) is 6.26 Å². The lowest BCUT2D eigenvalue weighted by molar-refractivity contribution is -0.120. The van der Waals surface area contributed by atoms with Crippen molar-refractivity contribution in [3.8, 4) is 0 Å². The van der Waals surface area contributed by atoms with Gasteiger partial charge in [0.25, 0.3) is 0 Å². The second-order valence-corrected chi connectivity index (χ2v) is 6.67. The molecular weight excluding hydrogens is 234 g/mol. The Morgan fingerprint density at radius 2 is 2.27 bits per heavy atom. The van der Waals surface area contributed by atoms with Gasteiger partial charge in [0.05, 0.1) is 6.54 Å². The Morgan fingerprint density at radius 3 is 2.73 bits per heavy atom. The molecule has 0 aromatic carbocycles. The third-order valence-corrected chi connectivity index (χ3v) is 4.40. The molecule has 0 fully saturated rings. The molecule has 1 rings (SSSR count). The molecule has 0 spiro atoms. The van der Waals surface area contributed by atoms with Crippen molar-refractivity contribution in [2.45, 2.75) is 18.7 Å². The van der Waals surface area contributed by atoms with Crippen molar-refractivity contribution in [2.24, 2.45) is 0 Å². The van der Waals surface area contributed by atoms with Crippen molar-refractivity contribution >= 4 is 27.1 Å². The lowest BCUT2D eigenvalue weighted by atomic mass is 10.4. The van der Waals surface area contributed by atoms with E-state index in [0.717, 1.165) is 11.1 Å². The minimum atomic E-state index is -3.30. The van der Waals surface area contributed by atoms with E-state index in [0.29, 0.717) is 6.54 Å². The van der Waals surface area contributed by atoms with Gasteiger partial charge in [-0.3, -0.25) is 4.79 Å². The first-order valence-electron chi connectivity index (χ1n) is 4.40.